The van der Waals surface area contributed by atoms with Crippen LogP contribution >= 0.6 is 0 Å². The summed E-state index contributed by atoms with van der Waals surface area (Å²) in [6.07, 6.45) is 0. The average molecular weight is 588 g/mol. The van der Waals surface area contributed by atoms with Gasteiger partial charge in [0.25, 0.3) is 0 Å². The Kier molecular flexibility index (Phi) is 6.17. The van der Waals surface area contributed by atoms with Crippen molar-refractivity contribution in [2.24, 2.45) is 0 Å². The normalized spacial score (nSPS) is 11.5. The first-order valence-corrected chi connectivity index (χ1v) is 15.7. The molecule has 1 heterocycles. The quantitative estimate of drug-likeness (QED) is 0.186. The third-order valence-corrected chi connectivity index (χ3v) is 9.06. The molecule has 2 heteroatoms. The molecule has 0 fully saturated rings. The Balaban J connectivity index is 1.24. The summed E-state index contributed by atoms with van der Waals surface area (Å²) in [6, 6.07) is 62.7. The van der Waals surface area contributed by atoms with Gasteiger partial charge in [-0.15, -0.1) is 0 Å². The fourth-order valence-electron chi connectivity index (χ4n) is 6.86. The van der Waals surface area contributed by atoms with Crippen molar-refractivity contribution < 1.29 is 4.42 Å². The number of rotatable bonds is 5. The Morgan fingerprint density at radius 1 is 0.348 bits per heavy atom. The minimum absolute atomic E-state index is 0.879. The molecule has 0 amide bonds. The topological polar surface area (TPSA) is 16.4 Å². The molecule has 2 nitrogen and oxygen atoms in total. The third-order valence-electron chi connectivity index (χ3n) is 9.06. The van der Waals surface area contributed by atoms with Crippen LogP contribution in [0.4, 0.5) is 17.1 Å². The zero-order valence-corrected chi connectivity index (χ0v) is 25.1. The van der Waals surface area contributed by atoms with Gasteiger partial charge in [-0.2, -0.15) is 0 Å². The summed E-state index contributed by atoms with van der Waals surface area (Å²) in [7, 11) is 0. The Bertz CT molecular complexity index is 2510. The molecule has 0 spiro atoms. The molecule has 0 unspecified atom stereocenters. The first-order valence-electron chi connectivity index (χ1n) is 15.7. The predicted octanol–water partition coefficient (Wildman–Crippen LogP) is 12.7. The van der Waals surface area contributed by atoms with Crippen LogP contribution in [0.15, 0.2) is 180 Å². The molecular weight excluding hydrogens is 558 g/mol. The number of furan rings is 1. The van der Waals surface area contributed by atoms with Crippen LogP contribution in [0.2, 0.25) is 0 Å². The number of nitrogens with zero attached hydrogens (tertiary/aromatic N) is 1. The van der Waals surface area contributed by atoms with Crippen LogP contribution in [0.25, 0.3) is 65.7 Å². The smallest absolute Gasteiger partial charge is 0.137 e. The monoisotopic (exact) mass is 587 g/mol. The van der Waals surface area contributed by atoms with E-state index < -0.39 is 0 Å². The predicted molar refractivity (Wildman–Crippen MR) is 194 cm³/mol. The Morgan fingerprint density at radius 2 is 0.891 bits per heavy atom. The lowest BCUT2D eigenvalue weighted by Crippen LogP contribution is -2.11. The molecule has 0 bridgehead atoms. The lowest BCUT2D eigenvalue weighted by Gasteiger charge is -2.28. The average Bonchev–Trinajstić information content (AvgIpc) is 3.52. The highest BCUT2D eigenvalue weighted by atomic mass is 16.3. The van der Waals surface area contributed by atoms with Gasteiger partial charge in [0.1, 0.15) is 11.2 Å². The van der Waals surface area contributed by atoms with E-state index in [-0.39, 0.29) is 0 Å². The van der Waals surface area contributed by atoms with Crippen molar-refractivity contribution in [1.82, 2.24) is 0 Å². The molecule has 0 atom stereocenters. The summed E-state index contributed by atoms with van der Waals surface area (Å²) in [5, 5.41) is 7.12. The SMILES string of the molecule is c1ccc(-c2ccc(-c3ccc(N(c4cc5ccccc5c5ccccc45)c4cccc5oc6ccccc6c45)cc3)cc2)cc1. The second-order valence-corrected chi connectivity index (χ2v) is 11.7. The van der Waals surface area contributed by atoms with E-state index in [1.54, 1.807) is 0 Å². The Morgan fingerprint density at radius 3 is 1.63 bits per heavy atom. The van der Waals surface area contributed by atoms with E-state index in [4.69, 9.17) is 4.42 Å². The van der Waals surface area contributed by atoms with Gasteiger partial charge in [-0.25, -0.2) is 0 Å². The van der Waals surface area contributed by atoms with Gasteiger partial charge >= 0.3 is 0 Å². The maximum absolute atomic E-state index is 6.36. The van der Waals surface area contributed by atoms with Gasteiger partial charge < -0.3 is 9.32 Å². The van der Waals surface area contributed by atoms with Gasteiger partial charge in [-0.1, -0.05) is 140 Å². The van der Waals surface area contributed by atoms with Crippen molar-refractivity contribution in [1.29, 1.82) is 0 Å². The summed E-state index contributed by atoms with van der Waals surface area (Å²) in [5.41, 5.74) is 9.89. The minimum atomic E-state index is 0.879. The largest absolute Gasteiger partial charge is 0.456 e. The number of benzene rings is 8. The van der Waals surface area contributed by atoms with Crippen molar-refractivity contribution in [3.05, 3.63) is 176 Å². The number of hydrogen-bond acceptors (Lipinski definition) is 2. The zero-order chi connectivity index (χ0) is 30.5. The first-order chi connectivity index (χ1) is 22.8. The van der Waals surface area contributed by atoms with Crippen molar-refractivity contribution in [2.45, 2.75) is 0 Å². The maximum Gasteiger partial charge on any atom is 0.137 e. The molecule has 0 saturated heterocycles. The van der Waals surface area contributed by atoms with Crippen LogP contribution in [-0.2, 0) is 0 Å². The molecule has 0 aliphatic carbocycles. The molecule has 1 aromatic heterocycles. The summed E-state index contributed by atoms with van der Waals surface area (Å²) < 4.78 is 6.36. The molecular formula is C44H29NO. The van der Waals surface area contributed by atoms with Crippen molar-refractivity contribution in [3.63, 3.8) is 0 Å². The van der Waals surface area contributed by atoms with Crippen molar-refractivity contribution >= 4 is 60.5 Å². The fourth-order valence-corrected chi connectivity index (χ4v) is 6.86. The van der Waals surface area contributed by atoms with Crippen LogP contribution in [0, 0.1) is 0 Å². The van der Waals surface area contributed by atoms with E-state index in [2.05, 4.69) is 169 Å². The molecule has 0 saturated carbocycles. The lowest BCUT2D eigenvalue weighted by molar-refractivity contribution is 0.669. The zero-order valence-electron chi connectivity index (χ0n) is 25.1. The highest BCUT2D eigenvalue weighted by Crippen LogP contribution is 2.46. The molecule has 0 aliphatic rings. The van der Waals surface area contributed by atoms with Gasteiger partial charge in [0.05, 0.1) is 16.8 Å². The first kappa shape index (κ1) is 26.3. The lowest BCUT2D eigenvalue weighted by atomic mass is 9.98. The van der Waals surface area contributed by atoms with E-state index in [9.17, 15) is 0 Å². The molecule has 9 rings (SSSR count). The van der Waals surface area contributed by atoms with Gasteiger partial charge in [-0.05, 0) is 74.8 Å². The van der Waals surface area contributed by atoms with Gasteiger partial charge in [0.15, 0.2) is 0 Å². The summed E-state index contributed by atoms with van der Waals surface area (Å²) in [4.78, 5) is 2.40. The van der Waals surface area contributed by atoms with Crippen molar-refractivity contribution in [2.75, 3.05) is 4.90 Å². The van der Waals surface area contributed by atoms with E-state index >= 15 is 0 Å². The third kappa shape index (κ3) is 4.35. The molecule has 0 aliphatic heterocycles. The second-order valence-electron chi connectivity index (χ2n) is 11.7. The van der Waals surface area contributed by atoms with Crippen LogP contribution in [-0.4, -0.2) is 0 Å². The van der Waals surface area contributed by atoms with Crippen LogP contribution < -0.4 is 4.90 Å². The molecule has 0 N–H and O–H groups in total. The van der Waals surface area contributed by atoms with Crippen molar-refractivity contribution in [3.8, 4) is 22.3 Å². The Labute approximate surface area is 267 Å². The number of fused-ring (bicyclic) bond motifs is 6. The van der Waals surface area contributed by atoms with Gasteiger partial charge in [0, 0.05) is 16.5 Å². The molecule has 216 valence electrons. The molecule has 8 aromatic carbocycles. The molecule has 9 aromatic rings. The highest BCUT2D eigenvalue weighted by Gasteiger charge is 2.21. The fraction of sp³-hybridized carbons (Fsp3) is 0. The van der Waals surface area contributed by atoms with E-state index in [1.807, 2.05) is 12.1 Å². The minimum Gasteiger partial charge on any atom is -0.456 e. The summed E-state index contributed by atoms with van der Waals surface area (Å²) in [5.74, 6) is 0. The Hall–Kier alpha value is -6.12. The molecule has 46 heavy (non-hydrogen) atoms. The van der Waals surface area contributed by atoms with Gasteiger partial charge in [0.2, 0.25) is 0 Å². The van der Waals surface area contributed by atoms with Crippen LogP contribution in [0.5, 0.6) is 0 Å². The van der Waals surface area contributed by atoms with E-state index in [1.165, 1.54) is 43.8 Å². The number of hydrogen-bond donors (Lipinski definition) is 0. The van der Waals surface area contributed by atoms with Crippen LogP contribution in [0.3, 0.4) is 0 Å². The highest BCUT2D eigenvalue weighted by molar-refractivity contribution is 6.18. The number of para-hydroxylation sites is 1. The van der Waals surface area contributed by atoms with E-state index in [0.29, 0.717) is 0 Å². The second kappa shape index (κ2) is 10.8. The maximum atomic E-state index is 6.36. The van der Waals surface area contributed by atoms with E-state index in [0.717, 1.165) is 39.0 Å². The van der Waals surface area contributed by atoms with Gasteiger partial charge in [-0.3, -0.25) is 0 Å². The summed E-state index contributed by atoms with van der Waals surface area (Å²) >= 11 is 0. The standard InChI is InChI=1S/C44H29NO/c1-2-11-30(12-3-1)31-21-23-32(24-22-31)33-25-27-35(28-26-33)45(40-18-10-20-43-44(40)39-17-8-9-19-42(39)46-43)41-29-34-13-4-5-14-36(34)37-15-6-7-16-38(37)41/h1-29H. The van der Waals surface area contributed by atoms with Crippen LogP contribution in [0.1, 0.15) is 0 Å². The molecule has 0 radical (unpaired) electrons. The summed E-state index contributed by atoms with van der Waals surface area (Å²) in [6.45, 7) is 0. The number of anilines is 3.